The summed E-state index contributed by atoms with van der Waals surface area (Å²) in [5.74, 6) is -3.59. The van der Waals surface area contributed by atoms with Gasteiger partial charge < -0.3 is 46.3 Å². The molecule has 0 aliphatic heterocycles. The van der Waals surface area contributed by atoms with E-state index in [9.17, 15) is 28.8 Å². The lowest BCUT2D eigenvalue weighted by molar-refractivity contribution is -0.134. The molecule has 0 aromatic heterocycles. The molecule has 0 unspecified atom stereocenters. The Kier molecular flexibility index (Phi) is 13.8. The van der Waals surface area contributed by atoms with Crippen molar-refractivity contribution in [3.63, 3.8) is 0 Å². The number of carbonyl (C=O) groups is 6. The third-order valence-corrected chi connectivity index (χ3v) is 4.81. The van der Waals surface area contributed by atoms with Gasteiger partial charge in [0.15, 0.2) is 0 Å². The lowest BCUT2D eigenvalue weighted by atomic mass is 10.1. The molecule has 0 aliphatic rings. The first-order valence-corrected chi connectivity index (χ1v) is 11.4. The quantitative estimate of drug-likeness (QED) is 0.109. The maximum atomic E-state index is 12.7. The number of rotatable bonds is 16. The van der Waals surface area contributed by atoms with Gasteiger partial charge in [-0.2, -0.15) is 0 Å². The summed E-state index contributed by atoms with van der Waals surface area (Å²) in [6, 6.07) is 2.52. The maximum absolute atomic E-state index is 12.7. The molecule has 0 spiro atoms. The van der Waals surface area contributed by atoms with Gasteiger partial charge in [0.1, 0.15) is 31.3 Å². The van der Waals surface area contributed by atoms with E-state index in [-0.39, 0.29) is 19.8 Å². The molecule has 0 fully saturated rings. The fourth-order valence-electron chi connectivity index (χ4n) is 2.83. The number of methoxy groups -OCH3 is 1. The van der Waals surface area contributed by atoms with Gasteiger partial charge >= 0.3 is 6.16 Å². The Morgan fingerprint density at radius 3 is 2.08 bits per heavy atom. The molecule has 0 saturated carbocycles. The van der Waals surface area contributed by atoms with Crippen molar-refractivity contribution >= 4 is 41.4 Å². The molecule has 38 heavy (non-hydrogen) atoms. The van der Waals surface area contributed by atoms with E-state index in [2.05, 4.69) is 26.0 Å². The standard InChI is InChI=1S/C23H33N5O10/c1-13(25-19(30)12-37-9-8-36-3)20(31)26-14(2)21(32)28-17(10-18(24)29)22(33)27-16-6-4-15(5-7-16)11-38-23(34)35/h4-7,13-14,17H,8-12H2,1-3H3,(H2,24,29)(H,25,30)(H,26,31)(H,27,33)(H,28,32)(H,34,35)/t13-,14-,17-/m1/s1. The van der Waals surface area contributed by atoms with Gasteiger partial charge in [-0.1, -0.05) is 12.1 Å². The van der Waals surface area contributed by atoms with Crippen LogP contribution >= 0.6 is 0 Å². The number of anilines is 1. The van der Waals surface area contributed by atoms with E-state index in [0.717, 1.165) is 0 Å². The Hall–Kier alpha value is -4.24. The summed E-state index contributed by atoms with van der Waals surface area (Å²) in [5.41, 5.74) is 6.04. The number of amides is 5. The minimum atomic E-state index is -1.43. The van der Waals surface area contributed by atoms with Crippen LogP contribution in [0.5, 0.6) is 0 Å². The maximum Gasteiger partial charge on any atom is 0.506 e. The highest BCUT2D eigenvalue weighted by Gasteiger charge is 2.27. The molecule has 15 nitrogen and oxygen atoms in total. The molecule has 0 aliphatic carbocycles. The van der Waals surface area contributed by atoms with Crippen LogP contribution in [0.25, 0.3) is 0 Å². The van der Waals surface area contributed by atoms with Crippen LogP contribution < -0.4 is 27.0 Å². The molecular formula is C23H33N5O10. The van der Waals surface area contributed by atoms with Crippen LogP contribution in [0, 0.1) is 0 Å². The van der Waals surface area contributed by atoms with Gasteiger partial charge in [-0.05, 0) is 31.5 Å². The number of ether oxygens (including phenoxy) is 3. The van der Waals surface area contributed by atoms with E-state index in [0.29, 0.717) is 17.9 Å². The molecule has 0 saturated heterocycles. The first-order chi connectivity index (χ1) is 17.9. The summed E-state index contributed by atoms with van der Waals surface area (Å²) in [4.78, 5) is 71.4. The highest BCUT2D eigenvalue weighted by Crippen LogP contribution is 2.11. The number of nitrogens with one attached hydrogen (secondary N) is 4. The van der Waals surface area contributed by atoms with Crippen LogP contribution in [-0.4, -0.2) is 85.9 Å². The summed E-state index contributed by atoms with van der Waals surface area (Å²) in [7, 11) is 1.48. The Morgan fingerprint density at radius 2 is 1.50 bits per heavy atom. The van der Waals surface area contributed by atoms with E-state index < -0.39 is 60.2 Å². The summed E-state index contributed by atoms with van der Waals surface area (Å²) in [6.07, 6.45) is -1.95. The third-order valence-electron chi connectivity index (χ3n) is 4.81. The predicted octanol–water partition coefficient (Wildman–Crippen LogP) is -1.15. The molecule has 5 amide bonds. The van der Waals surface area contributed by atoms with Gasteiger partial charge in [-0.15, -0.1) is 0 Å². The monoisotopic (exact) mass is 539 g/mol. The SMILES string of the molecule is COCCOCC(=O)N[C@H](C)C(=O)N[C@H](C)C(=O)N[C@H](CC(N)=O)C(=O)Nc1ccc(COC(=O)O)cc1. The summed E-state index contributed by atoms with van der Waals surface area (Å²) in [5, 5.41) is 18.3. The zero-order valence-electron chi connectivity index (χ0n) is 21.3. The van der Waals surface area contributed by atoms with E-state index in [1.807, 2.05) is 0 Å². The van der Waals surface area contributed by atoms with Gasteiger partial charge in [0.05, 0.1) is 19.6 Å². The molecule has 1 aromatic carbocycles. The van der Waals surface area contributed by atoms with Crippen molar-refractivity contribution in [3.05, 3.63) is 29.8 Å². The highest BCUT2D eigenvalue weighted by atomic mass is 16.7. The van der Waals surface area contributed by atoms with Gasteiger partial charge in [-0.3, -0.25) is 24.0 Å². The average Bonchev–Trinajstić information content (AvgIpc) is 2.85. The number of hydrogen-bond donors (Lipinski definition) is 6. The van der Waals surface area contributed by atoms with Gasteiger partial charge in [0, 0.05) is 12.8 Å². The molecule has 0 heterocycles. The lowest BCUT2D eigenvalue weighted by Crippen LogP contribution is -2.55. The third kappa shape index (κ3) is 12.6. The van der Waals surface area contributed by atoms with Crippen molar-refractivity contribution in [2.45, 2.75) is 45.0 Å². The van der Waals surface area contributed by atoms with Crippen LogP contribution in [0.4, 0.5) is 10.5 Å². The van der Waals surface area contributed by atoms with Crippen LogP contribution in [0.15, 0.2) is 24.3 Å². The predicted molar refractivity (Wildman–Crippen MR) is 132 cm³/mol. The second kappa shape index (κ2) is 16.5. The number of carbonyl (C=O) groups excluding carboxylic acids is 5. The number of hydrogen-bond acceptors (Lipinski definition) is 9. The first kappa shape index (κ1) is 31.8. The van der Waals surface area contributed by atoms with Gasteiger partial charge in [-0.25, -0.2) is 4.79 Å². The van der Waals surface area contributed by atoms with Crippen LogP contribution in [0.3, 0.4) is 0 Å². The number of primary amides is 1. The van der Waals surface area contributed by atoms with Crippen LogP contribution in [-0.2, 0) is 44.8 Å². The number of benzene rings is 1. The first-order valence-electron chi connectivity index (χ1n) is 11.4. The second-order valence-electron chi connectivity index (χ2n) is 8.04. The fourth-order valence-corrected chi connectivity index (χ4v) is 2.83. The van der Waals surface area contributed by atoms with Crippen molar-refractivity contribution in [1.82, 2.24) is 16.0 Å². The number of carboxylic acid groups (broad SMARTS) is 1. The van der Waals surface area contributed by atoms with E-state index in [4.69, 9.17) is 20.3 Å². The topological polar surface area (TPSA) is 224 Å². The minimum absolute atomic E-state index is 0.183. The summed E-state index contributed by atoms with van der Waals surface area (Å²) < 4.78 is 14.3. The van der Waals surface area contributed by atoms with Gasteiger partial charge in [0.2, 0.25) is 29.5 Å². The molecule has 0 bridgehead atoms. The fraction of sp³-hybridized carbons (Fsp3) is 0.478. The van der Waals surface area contributed by atoms with Crippen molar-refractivity contribution in [2.75, 3.05) is 32.2 Å². The smallest absolute Gasteiger partial charge is 0.450 e. The number of nitrogens with two attached hydrogens (primary N) is 1. The van der Waals surface area contributed by atoms with Crippen molar-refractivity contribution in [2.24, 2.45) is 5.73 Å². The molecule has 1 aromatic rings. The minimum Gasteiger partial charge on any atom is -0.450 e. The molecule has 15 heteroatoms. The Bertz CT molecular complexity index is 985. The summed E-state index contributed by atoms with van der Waals surface area (Å²) >= 11 is 0. The molecule has 210 valence electrons. The lowest BCUT2D eigenvalue weighted by Gasteiger charge is -2.22. The molecule has 3 atom stereocenters. The Morgan fingerprint density at radius 1 is 0.895 bits per heavy atom. The molecule has 1 rings (SSSR count). The van der Waals surface area contributed by atoms with E-state index in [1.165, 1.54) is 45.2 Å². The Balaban J connectivity index is 2.66. The zero-order valence-corrected chi connectivity index (χ0v) is 21.3. The van der Waals surface area contributed by atoms with Gasteiger partial charge in [0.25, 0.3) is 0 Å². The van der Waals surface area contributed by atoms with Crippen molar-refractivity contribution < 1.29 is 48.1 Å². The zero-order chi connectivity index (χ0) is 28.7. The van der Waals surface area contributed by atoms with Crippen LogP contribution in [0.1, 0.15) is 25.8 Å². The van der Waals surface area contributed by atoms with Crippen molar-refractivity contribution in [3.8, 4) is 0 Å². The van der Waals surface area contributed by atoms with Crippen LogP contribution in [0.2, 0.25) is 0 Å². The average molecular weight is 540 g/mol. The van der Waals surface area contributed by atoms with Crippen molar-refractivity contribution in [1.29, 1.82) is 0 Å². The largest absolute Gasteiger partial charge is 0.506 e. The highest BCUT2D eigenvalue weighted by molar-refractivity contribution is 6.00. The normalized spacial score (nSPS) is 12.8. The molecule has 7 N–H and O–H groups in total. The molecular weight excluding hydrogens is 506 g/mol. The van der Waals surface area contributed by atoms with E-state index >= 15 is 0 Å². The summed E-state index contributed by atoms with van der Waals surface area (Å²) in [6.45, 7) is 2.82. The Labute approximate surface area is 218 Å². The second-order valence-corrected chi connectivity index (χ2v) is 8.04. The van der Waals surface area contributed by atoms with E-state index in [1.54, 1.807) is 0 Å². The molecule has 0 radical (unpaired) electrons.